The highest BCUT2D eigenvalue weighted by atomic mass is 16.1. The molecule has 0 N–H and O–H groups in total. The first-order chi connectivity index (χ1) is 6.40. The molecule has 2 rings (SSSR count). The van der Waals surface area contributed by atoms with Crippen LogP contribution in [0, 0.1) is 16.7 Å². The third kappa shape index (κ3) is 1.04. The highest BCUT2D eigenvalue weighted by Gasteiger charge is 2.63. The molecule has 0 saturated heterocycles. The molecule has 80 valence electrons. The zero-order chi connectivity index (χ0) is 10.6. The lowest BCUT2D eigenvalue weighted by molar-refractivity contribution is -0.130. The van der Waals surface area contributed by atoms with Gasteiger partial charge in [-0.25, -0.2) is 0 Å². The quantitative estimate of drug-likeness (QED) is 0.671. The molecular formula is C12H21NO. The summed E-state index contributed by atoms with van der Waals surface area (Å²) in [4.78, 5) is 14.3. The molecule has 2 atom stereocenters. The van der Waals surface area contributed by atoms with Crippen molar-refractivity contribution in [3.05, 3.63) is 0 Å². The van der Waals surface area contributed by atoms with Crippen LogP contribution in [0.15, 0.2) is 0 Å². The lowest BCUT2D eigenvalue weighted by Gasteiger charge is -2.38. The third-order valence-electron chi connectivity index (χ3n) is 4.73. The van der Waals surface area contributed by atoms with Crippen molar-refractivity contribution in [1.29, 1.82) is 0 Å². The predicted octanol–water partition coefficient (Wildman–Crippen LogP) is 1.94. The van der Waals surface area contributed by atoms with Crippen LogP contribution in [0.5, 0.6) is 0 Å². The number of rotatable bonds is 2. The largest absolute Gasteiger partial charge is 0.308 e. The van der Waals surface area contributed by atoms with Crippen molar-refractivity contribution in [2.24, 2.45) is 16.7 Å². The van der Waals surface area contributed by atoms with E-state index >= 15 is 0 Å². The average molecular weight is 195 g/mol. The molecule has 0 spiro atoms. The van der Waals surface area contributed by atoms with E-state index in [2.05, 4.69) is 32.8 Å². The summed E-state index contributed by atoms with van der Waals surface area (Å²) >= 11 is 0. The molecule has 2 fully saturated rings. The SMILES string of the molecule is CN(C)C[C@]12CC[C@H](CC1=O)C2(C)C. The molecule has 0 amide bonds. The summed E-state index contributed by atoms with van der Waals surface area (Å²) < 4.78 is 0. The van der Waals surface area contributed by atoms with E-state index in [1.54, 1.807) is 0 Å². The zero-order valence-electron chi connectivity index (χ0n) is 9.76. The molecule has 0 aromatic heterocycles. The molecule has 2 saturated carbocycles. The van der Waals surface area contributed by atoms with Gasteiger partial charge in [0, 0.05) is 18.4 Å². The molecule has 14 heavy (non-hydrogen) atoms. The Labute approximate surface area is 86.7 Å². The van der Waals surface area contributed by atoms with Gasteiger partial charge in [0.15, 0.2) is 0 Å². The van der Waals surface area contributed by atoms with E-state index in [1.165, 1.54) is 6.42 Å². The van der Waals surface area contributed by atoms with Crippen LogP contribution < -0.4 is 0 Å². The van der Waals surface area contributed by atoms with Crippen molar-refractivity contribution in [2.75, 3.05) is 20.6 Å². The minimum Gasteiger partial charge on any atom is -0.308 e. The van der Waals surface area contributed by atoms with E-state index in [0.717, 1.165) is 19.4 Å². The normalized spacial score (nSPS) is 39.8. The molecule has 2 bridgehead atoms. The van der Waals surface area contributed by atoms with Gasteiger partial charge in [-0.05, 0) is 38.3 Å². The van der Waals surface area contributed by atoms with Gasteiger partial charge in [0.05, 0.1) is 0 Å². The topological polar surface area (TPSA) is 20.3 Å². The minimum atomic E-state index is -0.0266. The molecule has 2 nitrogen and oxygen atoms in total. The molecule has 0 radical (unpaired) electrons. The first kappa shape index (κ1) is 10.2. The van der Waals surface area contributed by atoms with Crippen molar-refractivity contribution in [3.63, 3.8) is 0 Å². The van der Waals surface area contributed by atoms with Gasteiger partial charge in [0.2, 0.25) is 0 Å². The van der Waals surface area contributed by atoms with Crippen LogP contribution in [0.1, 0.15) is 33.1 Å². The van der Waals surface area contributed by atoms with E-state index in [4.69, 9.17) is 0 Å². The lowest BCUT2D eigenvalue weighted by atomic mass is 9.68. The van der Waals surface area contributed by atoms with E-state index in [9.17, 15) is 4.79 Å². The van der Waals surface area contributed by atoms with Crippen molar-refractivity contribution in [1.82, 2.24) is 4.90 Å². The predicted molar refractivity (Wildman–Crippen MR) is 57.1 cm³/mol. The summed E-state index contributed by atoms with van der Waals surface area (Å²) in [5, 5.41) is 0. The van der Waals surface area contributed by atoms with Crippen LogP contribution in [-0.2, 0) is 4.79 Å². The van der Waals surface area contributed by atoms with Gasteiger partial charge < -0.3 is 4.90 Å². The Kier molecular flexibility index (Phi) is 2.04. The van der Waals surface area contributed by atoms with Crippen LogP contribution in [0.25, 0.3) is 0 Å². The minimum absolute atomic E-state index is 0.0266. The number of fused-ring (bicyclic) bond motifs is 2. The van der Waals surface area contributed by atoms with E-state index in [-0.39, 0.29) is 10.8 Å². The van der Waals surface area contributed by atoms with Crippen molar-refractivity contribution in [2.45, 2.75) is 33.1 Å². The monoisotopic (exact) mass is 195 g/mol. The fourth-order valence-electron chi connectivity index (χ4n) is 3.68. The van der Waals surface area contributed by atoms with Gasteiger partial charge in [0.1, 0.15) is 5.78 Å². The fourth-order valence-corrected chi connectivity index (χ4v) is 3.68. The Balaban J connectivity index is 2.34. The molecule has 2 aliphatic carbocycles. The summed E-state index contributed by atoms with van der Waals surface area (Å²) in [7, 11) is 4.15. The maximum atomic E-state index is 12.1. The van der Waals surface area contributed by atoms with Gasteiger partial charge in [0.25, 0.3) is 0 Å². The van der Waals surface area contributed by atoms with Crippen LogP contribution in [0.2, 0.25) is 0 Å². The maximum Gasteiger partial charge on any atom is 0.141 e. The maximum absolute atomic E-state index is 12.1. The Morgan fingerprint density at radius 3 is 2.43 bits per heavy atom. The lowest BCUT2D eigenvalue weighted by Crippen LogP contribution is -2.44. The van der Waals surface area contributed by atoms with E-state index in [0.29, 0.717) is 11.7 Å². The Morgan fingerprint density at radius 2 is 2.07 bits per heavy atom. The average Bonchev–Trinajstić information content (AvgIpc) is 2.36. The fraction of sp³-hybridized carbons (Fsp3) is 0.917. The van der Waals surface area contributed by atoms with Gasteiger partial charge >= 0.3 is 0 Å². The summed E-state index contributed by atoms with van der Waals surface area (Å²) in [6.45, 7) is 5.52. The van der Waals surface area contributed by atoms with Gasteiger partial charge in [-0.15, -0.1) is 0 Å². The Morgan fingerprint density at radius 1 is 1.43 bits per heavy atom. The van der Waals surface area contributed by atoms with Gasteiger partial charge in [-0.3, -0.25) is 4.79 Å². The standard InChI is InChI=1S/C12H21NO/c1-11(2)9-5-6-12(11,8-13(3)4)10(14)7-9/h9H,5-8H2,1-4H3/t9-,12-/m1/s1. The molecule has 2 aliphatic rings. The number of nitrogens with zero attached hydrogens (tertiary/aromatic N) is 1. The third-order valence-corrected chi connectivity index (χ3v) is 4.73. The molecule has 0 heterocycles. The van der Waals surface area contributed by atoms with Gasteiger partial charge in [-0.2, -0.15) is 0 Å². The van der Waals surface area contributed by atoms with Crippen molar-refractivity contribution < 1.29 is 4.79 Å². The second kappa shape index (κ2) is 2.82. The number of ketones is 1. The number of hydrogen-bond donors (Lipinski definition) is 0. The molecule has 0 aromatic carbocycles. The van der Waals surface area contributed by atoms with Crippen LogP contribution in [0.4, 0.5) is 0 Å². The molecule has 0 aromatic rings. The smallest absolute Gasteiger partial charge is 0.141 e. The molecule has 0 aliphatic heterocycles. The van der Waals surface area contributed by atoms with Gasteiger partial charge in [-0.1, -0.05) is 13.8 Å². The molecule has 0 unspecified atom stereocenters. The van der Waals surface area contributed by atoms with E-state index in [1.807, 2.05) is 0 Å². The van der Waals surface area contributed by atoms with Crippen molar-refractivity contribution >= 4 is 5.78 Å². The summed E-state index contributed by atoms with van der Waals surface area (Å²) in [6.07, 6.45) is 3.20. The van der Waals surface area contributed by atoms with Crippen LogP contribution in [-0.4, -0.2) is 31.3 Å². The Bertz CT molecular complexity index is 269. The number of hydrogen-bond acceptors (Lipinski definition) is 2. The number of carbonyl (C=O) groups excluding carboxylic acids is 1. The van der Waals surface area contributed by atoms with Crippen molar-refractivity contribution in [3.8, 4) is 0 Å². The summed E-state index contributed by atoms with van der Waals surface area (Å²) in [5.41, 5.74) is 0.204. The number of Topliss-reactive ketones (excluding diaryl/α,β-unsaturated/α-hetero) is 1. The first-order valence-electron chi connectivity index (χ1n) is 5.58. The van der Waals surface area contributed by atoms with Crippen LogP contribution >= 0.6 is 0 Å². The summed E-state index contributed by atoms with van der Waals surface area (Å²) in [5.74, 6) is 1.17. The highest BCUT2D eigenvalue weighted by Crippen LogP contribution is 2.63. The molecular weight excluding hydrogens is 174 g/mol. The second-order valence-corrected chi connectivity index (χ2v) is 5.90. The summed E-state index contributed by atoms with van der Waals surface area (Å²) in [6, 6.07) is 0. The first-order valence-corrected chi connectivity index (χ1v) is 5.58. The Hall–Kier alpha value is -0.370. The highest BCUT2D eigenvalue weighted by molar-refractivity contribution is 5.90. The number of carbonyl (C=O) groups is 1. The second-order valence-electron chi connectivity index (χ2n) is 5.90. The zero-order valence-corrected chi connectivity index (χ0v) is 9.76. The molecule has 2 heteroatoms. The van der Waals surface area contributed by atoms with E-state index < -0.39 is 0 Å². The van der Waals surface area contributed by atoms with Crippen LogP contribution in [0.3, 0.4) is 0 Å².